The van der Waals surface area contributed by atoms with Crippen LogP contribution in [0, 0.1) is 5.82 Å². The Morgan fingerprint density at radius 3 is 2.64 bits per heavy atom. The van der Waals surface area contributed by atoms with Gasteiger partial charge in [0.2, 0.25) is 0 Å². The number of ether oxygens (including phenoxy) is 2. The number of pyridine rings is 1. The summed E-state index contributed by atoms with van der Waals surface area (Å²) in [6.45, 7) is 9.96. The molecule has 1 unspecified atom stereocenters. The molecule has 4 N–H and O–H groups in total. The summed E-state index contributed by atoms with van der Waals surface area (Å²) in [5.74, 6) is 0.0861. The van der Waals surface area contributed by atoms with E-state index in [1.807, 2.05) is 52.1 Å². The number of nitrogens with zero attached hydrogens (tertiary/aromatic N) is 2. The van der Waals surface area contributed by atoms with Crippen LogP contribution in [-0.2, 0) is 11.3 Å². The minimum atomic E-state index is -0.563. The molecule has 2 aliphatic heterocycles. The van der Waals surface area contributed by atoms with Crippen LogP contribution in [0.3, 0.4) is 0 Å². The first-order valence-electron chi connectivity index (χ1n) is 15.3. The molecule has 238 valence electrons. The molecule has 10 nitrogen and oxygen atoms in total. The smallest absolute Gasteiger partial charge is 0.407 e. The minimum absolute atomic E-state index is 0.0190. The second-order valence-electron chi connectivity index (χ2n) is 12.9. The minimum Gasteiger partial charge on any atom is -0.453 e. The average Bonchev–Trinajstić information content (AvgIpc) is 3.48. The zero-order chi connectivity index (χ0) is 31.7. The van der Waals surface area contributed by atoms with E-state index in [0.717, 1.165) is 65.6 Å². The van der Waals surface area contributed by atoms with E-state index in [1.165, 1.54) is 23.5 Å². The summed E-state index contributed by atoms with van der Waals surface area (Å²) in [6.07, 6.45) is 6.26. The molecule has 4 heterocycles. The largest absolute Gasteiger partial charge is 0.453 e. The molecule has 1 saturated carbocycles. The number of likely N-dealkylation sites (tertiary alicyclic amines) is 1. The predicted octanol–water partition coefficient (Wildman–Crippen LogP) is 6.57. The van der Waals surface area contributed by atoms with Gasteiger partial charge in [0.25, 0.3) is 0 Å². The molecule has 0 bridgehead atoms. The van der Waals surface area contributed by atoms with Gasteiger partial charge in [0.15, 0.2) is 11.6 Å². The molecule has 3 amide bonds. The van der Waals surface area contributed by atoms with Gasteiger partial charge in [-0.3, -0.25) is 9.88 Å². The van der Waals surface area contributed by atoms with Crippen molar-refractivity contribution in [3.63, 3.8) is 0 Å². The van der Waals surface area contributed by atoms with Crippen molar-refractivity contribution in [3.8, 4) is 16.3 Å². The van der Waals surface area contributed by atoms with Crippen LogP contribution in [0.4, 0.5) is 25.4 Å². The van der Waals surface area contributed by atoms with Crippen molar-refractivity contribution in [1.29, 1.82) is 0 Å². The molecule has 1 aromatic carbocycles. The summed E-state index contributed by atoms with van der Waals surface area (Å²) in [4.78, 5) is 33.0. The topological polar surface area (TPSA) is 117 Å². The molecule has 0 spiro atoms. The fourth-order valence-corrected chi connectivity index (χ4v) is 6.39. The zero-order valence-corrected chi connectivity index (χ0v) is 26.7. The van der Waals surface area contributed by atoms with Crippen LogP contribution in [0.2, 0.25) is 0 Å². The van der Waals surface area contributed by atoms with Gasteiger partial charge in [-0.1, -0.05) is 6.07 Å². The Morgan fingerprint density at radius 1 is 1.11 bits per heavy atom. The van der Waals surface area contributed by atoms with E-state index in [2.05, 4.69) is 32.2 Å². The van der Waals surface area contributed by atoms with Crippen LogP contribution in [0.1, 0.15) is 57.4 Å². The summed E-state index contributed by atoms with van der Waals surface area (Å²) < 4.78 is 26.5. The number of halogens is 1. The number of anilines is 2. The van der Waals surface area contributed by atoms with Crippen molar-refractivity contribution in [1.82, 2.24) is 20.5 Å². The Morgan fingerprint density at radius 2 is 1.93 bits per heavy atom. The normalized spacial score (nSPS) is 19.6. The van der Waals surface area contributed by atoms with Crippen molar-refractivity contribution in [2.75, 3.05) is 23.7 Å². The van der Waals surface area contributed by atoms with Crippen LogP contribution >= 0.6 is 11.3 Å². The maximum atomic E-state index is 15.0. The fourth-order valence-electron chi connectivity index (χ4n) is 5.33. The Labute approximate surface area is 266 Å². The van der Waals surface area contributed by atoms with Gasteiger partial charge in [0.1, 0.15) is 11.4 Å². The highest BCUT2D eigenvalue weighted by atomic mass is 32.1. The number of aromatic nitrogens is 1. The molecule has 45 heavy (non-hydrogen) atoms. The number of hydrogen-bond acceptors (Lipinski definition) is 8. The van der Waals surface area contributed by atoms with Gasteiger partial charge in [-0.05, 0) is 82.9 Å². The van der Waals surface area contributed by atoms with Crippen LogP contribution in [0.15, 0.2) is 48.7 Å². The number of hydrogen-bond donors (Lipinski definition) is 4. The summed E-state index contributed by atoms with van der Waals surface area (Å²) in [7, 11) is 0. The van der Waals surface area contributed by atoms with E-state index < -0.39 is 11.4 Å². The fraction of sp³-hybridized carbons (Fsp3) is 0.424. The Balaban J connectivity index is 1.07. The number of alkyl carbamates (subject to hydrolysis) is 1. The Bertz CT molecular complexity index is 1600. The lowest BCUT2D eigenvalue weighted by Gasteiger charge is -2.22. The number of fused-ring (bicyclic) bond motifs is 1. The first-order valence-corrected chi connectivity index (χ1v) is 16.1. The third kappa shape index (κ3) is 8.12. The quantitative estimate of drug-likeness (QED) is 0.222. The molecule has 1 aliphatic carbocycles. The van der Waals surface area contributed by atoms with Gasteiger partial charge in [0, 0.05) is 55.7 Å². The number of amides is 3. The van der Waals surface area contributed by atoms with Crippen molar-refractivity contribution in [2.24, 2.45) is 0 Å². The highest BCUT2D eigenvalue weighted by Gasteiger charge is 2.27. The highest BCUT2D eigenvalue weighted by molar-refractivity contribution is 7.17. The van der Waals surface area contributed by atoms with E-state index >= 15 is 4.39 Å². The lowest BCUT2D eigenvalue weighted by Crippen LogP contribution is -2.40. The predicted molar refractivity (Wildman–Crippen MR) is 174 cm³/mol. The number of rotatable bonds is 8. The molecule has 12 heteroatoms. The van der Waals surface area contributed by atoms with Crippen LogP contribution in [0.5, 0.6) is 5.75 Å². The van der Waals surface area contributed by atoms with E-state index in [-0.39, 0.29) is 36.0 Å². The summed E-state index contributed by atoms with van der Waals surface area (Å²) in [5.41, 5.74) is 2.67. The monoisotopic (exact) mass is 634 g/mol. The second-order valence-corrected chi connectivity index (χ2v) is 13.9. The molecule has 2 fully saturated rings. The molecule has 6 rings (SSSR count). The molecular formula is C33H39FN6O4S. The number of thiophene rings is 1. The molecule has 3 aliphatic rings. The van der Waals surface area contributed by atoms with Gasteiger partial charge in [0.05, 0.1) is 21.1 Å². The van der Waals surface area contributed by atoms with Gasteiger partial charge < -0.3 is 30.7 Å². The third-order valence-electron chi connectivity index (χ3n) is 7.54. The Hall–Kier alpha value is -4.16. The molecule has 3 aromatic rings. The lowest BCUT2D eigenvalue weighted by atomic mass is 10.1. The van der Waals surface area contributed by atoms with Crippen molar-refractivity contribution in [2.45, 2.75) is 77.2 Å². The lowest BCUT2D eigenvalue weighted by molar-refractivity contribution is 0.0505. The molecule has 1 saturated heterocycles. The summed E-state index contributed by atoms with van der Waals surface area (Å²) in [6, 6.07) is 10.5. The standard InChI is InChI=1S/C33H39FN6O4S/c1-19-13-28(43-27-10-8-22(14-24(27)34)38-31(41)37-21-6-7-21)30-26(36-19)15-29(45-30)25-9-5-20(16-35-25)17-40-12-11-23(18-40)39-32(42)44-33(2,3)4/h5,8-10,13-16,19,21,23,36H,6-7,11-12,17-18H2,1-4H3,(H,39,42)(H2,37,38,41)/t19?,23-/m0/s1. The number of nitrogens with one attached hydrogen (secondary N) is 4. The van der Waals surface area contributed by atoms with Crippen molar-refractivity contribution in [3.05, 3.63) is 64.9 Å². The first-order chi connectivity index (χ1) is 21.5. The highest BCUT2D eigenvalue weighted by Crippen LogP contribution is 2.42. The number of carbonyl (C=O) groups excluding carboxylic acids is 2. The van der Waals surface area contributed by atoms with E-state index in [0.29, 0.717) is 11.4 Å². The SMILES string of the molecule is CC1C=C(Oc2ccc(NC(=O)NC3CC3)cc2F)c2sc(-c3ccc(CN4CC[C@H](NC(=O)OC(C)(C)C)C4)cn3)cc2N1. The van der Waals surface area contributed by atoms with Gasteiger partial charge in [-0.2, -0.15) is 0 Å². The van der Waals surface area contributed by atoms with Gasteiger partial charge in [-0.15, -0.1) is 11.3 Å². The number of urea groups is 1. The number of carbonyl (C=O) groups is 2. The van der Waals surface area contributed by atoms with Crippen LogP contribution < -0.4 is 26.0 Å². The average molecular weight is 635 g/mol. The summed E-state index contributed by atoms with van der Waals surface area (Å²) >= 11 is 1.53. The Kier molecular flexibility index (Phi) is 8.69. The van der Waals surface area contributed by atoms with Crippen LogP contribution in [-0.4, -0.2) is 58.8 Å². The third-order valence-corrected chi connectivity index (χ3v) is 8.71. The van der Waals surface area contributed by atoms with Gasteiger partial charge >= 0.3 is 12.1 Å². The van der Waals surface area contributed by atoms with E-state index in [4.69, 9.17) is 14.5 Å². The molecular weight excluding hydrogens is 595 g/mol. The van der Waals surface area contributed by atoms with Crippen molar-refractivity contribution >= 4 is 40.6 Å². The summed E-state index contributed by atoms with van der Waals surface area (Å²) in [5, 5.41) is 11.9. The van der Waals surface area contributed by atoms with Crippen LogP contribution in [0.25, 0.3) is 16.3 Å². The van der Waals surface area contributed by atoms with E-state index in [1.54, 1.807) is 6.07 Å². The molecule has 0 radical (unpaired) electrons. The second kappa shape index (κ2) is 12.7. The number of benzene rings is 1. The zero-order valence-electron chi connectivity index (χ0n) is 25.9. The molecule has 2 atom stereocenters. The first kappa shape index (κ1) is 30.8. The maximum Gasteiger partial charge on any atom is 0.407 e. The van der Waals surface area contributed by atoms with Gasteiger partial charge in [-0.25, -0.2) is 14.0 Å². The van der Waals surface area contributed by atoms with Crippen molar-refractivity contribution < 1.29 is 23.5 Å². The molecule has 2 aromatic heterocycles. The van der Waals surface area contributed by atoms with E-state index in [9.17, 15) is 9.59 Å². The maximum absolute atomic E-state index is 15.0.